The zero-order valence-electron chi connectivity index (χ0n) is 10.5. The van der Waals surface area contributed by atoms with Crippen LogP contribution < -0.4 is 4.90 Å². The highest BCUT2D eigenvalue weighted by atomic mass is 79.9. The highest BCUT2D eigenvalue weighted by Crippen LogP contribution is 2.42. The molecule has 2 atom stereocenters. The number of halogens is 1. The van der Waals surface area contributed by atoms with E-state index < -0.39 is 5.97 Å². The highest BCUT2D eigenvalue weighted by Gasteiger charge is 2.50. The van der Waals surface area contributed by atoms with Gasteiger partial charge in [0.1, 0.15) is 0 Å². The van der Waals surface area contributed by atoms with Crippen LogP contribution in [0.1, 0.15) is 29.6 Å². The number of anilines is 1. The van der Waals surface area contributed by atoms with Crippen LogP contribution >= 0.6 is 15.9 Å². The first kappa shape index (κ1) is 13.3. The van der Waals surface area contributed by atoms with Crippen molar-refractivity contribution in [2.24, 2.45) is 11.8 Å². The quantitative estimate of drug-likeness (QED) is 0.841. The molecule has 0 radical (unpaired) electrons. The van der Waals surface area contributed by atoms with Gasteiger partial charge in [0.05, 0.1) is 23.1 Å². The number of imide groups is 1. The van der Waals surface area contributed by atoms with E-state index in [-0.39, 0.29) is 29.2 Å². The van der Waals surface area contributed by atoms with Crippen LogP contribution in [0, 0.1) is 11.8 Å². The summed E-state index contributed by atoms with van der Waals surface area (Å²) in [4.78, 5) is 36.9. The average molecular weight is 338 g/mol. The minimum absolute atomic E-state index is 0.0482. The van der Waals surface area contributed by atoms with Gasteiger partial charge in [0.2, 0.25) is 11.8 Å². The van der Waals surface area contributed by atoms with Gasteiger partial charge in [-0.3, -0.25) is 9.59 Å². The van der Waals surface area contributed by atoms with E-state index in [0.29, 0.717) is 10.2 Å². The summed E-state index contributed by atoms with van der Waals surface area (Å²) in [5.41, 5.74) is 0.383. The molecule has 104 valence electrons. The number of carbonyl (C=O) groups excluding carboxylic acids is 2. The Kier molecular flexibility index (Phi) is 3.12. The third kappa shape index (κ3) is 1.95. The molecule has 1 aliphatic carbocycles. The molecule has 20 heavy (non-hydrogen) atoms. The second-order valence-corrected chi connectivity index (χ2v) is 6.07. The van der Waals surface area contributed by atoms with Gasteiger partial charge in [-0.1, -0.05) is 22.4 Å². The standard InChI is InChI=1S/C14H12BrNO4/c15-8-4-7(14(19)20)5-9(6-8)16-12(17)10-2-1-3-11(10)13(16)18/h4-6,10-11H,1-3H2,(H,19,20). The van der Waals surface area contributed by atoms with Crippen molar-refractivity contribution >= 4 is 39.4 Å². The fourth-order valence-corrected chi connectivity index (χ4v) is 3.55. The lowest BCUT2D eigenvalue weighted by molar-refractivity contribution is -0.122. The molecule has 1 heterocycles. The average Bonchev–Trinajstić information content (AvgIpc) is 2.94. The molecule has 0 spiro atoms. The van der Waals surface area contributed by atoms with Crippen LogP contribution in [0.4, 0.5) is 5.69 Å². The summed E-state index contributed by atoms with van der Waals surface area (Å²) in [6.45, 7) is 0. The minimum Gasteiger partial charge on any atom is -0.478 e. The maximum absolute atomic E-state index is 12.3. The molecule has 2 fully saturated rings. The van der Waals surface area contributed by atoms with Gasteiger partial charge in [-0.15, -0.1) is 0 Å². The Morgan fingerprint density at radius 3 is 2.30 bits per heavy atom. The van der Waals surface area contributed by atoms with Gasteiger partial charge >= 0.3 is 5.97 Å². The van der Waals surface area contributed by atoms with Crippen LogP contribution in [0.5, 0.6) is 0 Å². The Bertz CT molecular complexity index is 606. The van der Waals surface area contributed by atoms with Crippen molar-refractivity contribution in [2.45, 2.75) is 19.3 Å². The van der Waals surface area contributed by atoms with Crippen molar-refractivity contribution in [3.63, 3.8) is 0 Å². The molecule has 2 unspecified atom stereocenters. The summed E-state index contributed by atoms with van der Waals surface area (Å²) >= 11 is 3.22. The van der Waals surface area contributed by atoms with Gasteiger partial charge in [0.15, 0.2) is 0 Å². The van der Waals surface area contributed by atoms with Gasteiger partial charge in [0.25, 0.3) is 0 Å². The van der Waals surface area contributed by atoms with Crippen LogP contribution in [-0.2, 0) is 9.59 Å². The second kappa shape index (κ2) is 4.70. The molecule has 5 nitrogen and oxygen atoms in total. The number of amides is 2. The summed E-state index contributed by atoms with van der Waals surface area (Å²) in [5, 5.41) is 9.06. The first-order chi connectivity index (χ1) is 9.49. The van der Waals surface area contributed by atoms with Gasteiger partial charge in [-0.05, 0) is 31.0 Å². The van der Waals surface area contributed by atoms with Crippen molar-refractivity contribution < 1.29 is 19.5 Å². The lowest BCUT2D eigenvalue weighted by Gasteiger charge is -2.16. The number of benzene rings is 1. The molecule has 0 bridgehead atoms. The van der Waals surface area contributed by atoms with Crippen LogP contribution in [0.2, 0.25) is 0 Å². The molecule has 2 amide bonds. The molecule has 1 saturated carbocycles. The number of hydrogen-bond donors (Lipinski definition) is 1. The Morgan fingerprint density at radius 1 is 1.15 bits per heavy atom. The molecule has 1 N–H and O–H groups in total. The van der Waals surface area contributed by atoms with Crippen molar-refractivity contribution in [3.05, 3.63) is 28.2 Å². The summed E-state index contributed by atoms with van der Waals surface area (Å²) in [6, 6.07) is 4.41. The van der Waals surface area contributed by atoms with E-state index in [0.717, 1.165) is 24.2 Å². The summed E-state index contributed by atoms with van der Waals surface area (Å²) in [5.74, 6) is -1.95. The Morgan fingerprint density at radius 2 is 1.75 bits per heavy atom. The number of fused-ring (bicyclic) bond motifs is 1. The maximum atomic E-state index is 12.3. The van der Waals surface area contributed by atoms with E-state index in [2.05, 4.69) is 15.9 Å². The largest absolute Gasteiger partial charge is 0.478 e. The van der Waals surface area contributed by atoms with Crippen LogP contribution in [-0.4, -0.2) is 22.9 Å². The van der Waals surface area contributed by atoms with Gasteiger partial charge in [0, 0.05) is 4.47 Å². The summed E-state index contributed by atoms with van der Waals surface area (Å²) in [7, 11) is 0. The van der Waals surface area contributed by atoms with E-state index in [1.165, 1.54) is 12.1 Å². The first-order valence-electron chi connectivity index (χ1n) is 6.41. The van der Waals surface area contributed by atoms with E-state index in [1.54, 1.807) is 6.07 Å². The Labute approximate surface area is 123 Å². The Balaban J connectivity index is 2.03. The smallest absolute Gasteiger partial charge is 0.335 e. The fraction of sp³-hybridized carbons (Fsp3) is 0.357. The molecule has 2 aliphatic rings. The van der Waals surface area contributed by atoms with Crippen molar-refractivity contribution in [2.75, 3.05) is 4.90 Å². The zero-order chi connectivity index (χ0) is 14.4. The number of rotatable bonds is 2. The van der Waals surface area contributed by atoms with Crippen molar-refractivity contribution in [1.82, 2.24) is 0 Å². The first-order valence-corrected chi connectivity index (χ1v) is 7.20. The van der Waals surface area contributed by atoms with Crippen molar-refractivity contribution in [1.29, 1.82) is 0 Å². The van der Waals surface area contributed by atoms with E-state index in [4.69, 9.17) is 5.11 Å². The maximum Gasteiger partial charge on any atom is 0.335 e. The molecule has 1 aliphatic heterocycles. The van der Waals surface area contributed by atoms with E-state index >= 15 is 0 Å². The molecular weight excluding hydrogens is 326 g/mol. The van der Waals surface area contributed by atoms with Gasteiger partial charge in [-0.25, -0.2) is 9.69 Å². The normalized spacial score (nSPS) is 25.1. The number of aromatic carboxylic acids is 1. The third-order valence-electron chi connectivity index (χ3n) is 3.98. The predicted octanol–water partition coefficient (Wildman–Crippen LogP) is 2.44. The zero-order valence-corrected chi connectivity index (χ0v) is 12.1. The van der Waals surface area contributed by atoms with Crippen LogP contribution in [0.25, 0.3) is 0 Å². The molecular formula is C14H12BrNO4. The van der Waals surface area contributed by atoms with E-state index in [1.807, 2.05) is 0 Å². The second-order valence-electron chi connectivity index (χ2n) is 5.16. The number of hydrogen-bond acceptors (Lipinski definition) is 3. The molecule has 1 saturated heterocycles. The summed E-state index contributed by atoms with van der Waals surface area (Å²) < 4.78 is 0.532. The number of carboxylic acids is 1. The van der Waals surface area contributed by atoms with Crippen molar-refractivity contribution in [3.8, 4) is 0 Å². The fourth-order valence-electron chi connectivity index (χ4n) is 3.07. The third-order valence-corrected chi connectivity index (χ3v) is 4.44. The topological polar surface area (TPSA) is 74.7 Å². The molecule has 3 rings (SSSR count). The van der Waals surface area contributed by atoms with Crippen LogP contribution in [0.3, 0.4) is 0 Å². The van der Waals surface area contributed by atoms with Crippen LogP contribution in [0.15, 0.2) is 22.7 Å². The summed E-state index contributed by atoms with van der Waals surface area (Å²) in [6.07, 6.45) is 2.39. The molecule has 1 aromatic carbocycles. The van der Waals surface area contributed by atoms with Gasteiger partial charge in [-0.2, -0.15) is 0 Å². The SMILES string of the molecule is O=C(O)c1cc(Br)cc(N2C(=O)C3CCCC3C2=O)c1. The molecule has 6 heteroatoms. The van der Waals surface area contributed by atoms with E-state index in [9.17, 15) is 14.4 Å². The Hall–Kier alpha value is -1.69. The minimum atomic E-state index is -1.09. The number of carboxylic acid groups (broad SMARTS) is 1. The monoisotopic (exact) mass is 337 g/mol. The molecule has 0 aromatic heterocycles. The predicted molar refractivity (Wildman–Crippen MR) is 74.4 cm³/mol. The lowest BCUT2D eigenvalue weighted by Crippen LogP contribution is -2.31. The molecule has 1 aromatic rings. The van der Waals surface area contributed by atoms with Gasteiger partial charge < -0.3 is 5.11 Å². The number of carbonyl (C=O) groups is 3. The lowest BCUT2D eigenvalue weighted by atomic mass is 10.00. The highest BCUT2D eigenvalue weighted by molar-refractivity contribution is 9.10. The number of nitrogens with zero attached hydrogens (tertiary/aromatic N) is 1.